The Morgan fingerprint density at radius 3 is 2.33 bits per heavy atom. The number of rotatable bonds is 7. The summed E-state index contributed by atoms with van der Waals surface area (Å²) >= 11 is 0. The Hall–Kier alpha value is -3.48. The van der Waals surface area contributed by atoms with Crippen molar-refractivity contribution in [3.63, 3.8) is 0 Å². The molecule has 0 atom stereocenters. The maximum absolute atomic E-state index is 12.4. The van der Waals surface area contributed by atoms with Gasteiger partial charge in [0, 0.05) is 5.39 Å². The highest BCUT2D eigenvalue weighted by Gasteiger charge is 2.23. The van der Waals surface area contributed by atoms with Gasteiger partial charge in [-0.3, -0.25) is 4.79 Å². The maximum Gasteiger partial charge on any atom is 0.342 e. The number of carbonyl (C=O) groups is 2. The van der Waals surface area contributed by atoms with Crippen molar-refractivity contribution in [3.8, 4) is 17.2 Å². The predicted octanol–water partition coefficient (Wildman–Crippen LogP) is 3.50. The number of hydrogen-bond acceptors (Lipinski definition) is 7. The third-order valence-electron chi connectivity index (χ3n) is 3.96. The highest BCUT2D eigenvalue weighted by Crippen LogP contribution is 2.39. The second kappa shape index (κ2) is 7.82. The van der Waals surface area contributed by atoms with E-state index in [-0.39, 0.29) is 22.8 Å². The molecule has 140 valence electrons. The molecule has 1 aromatic heterocycles. The Balaban J connectivity index is 1.76. The summed E-state index contributed by atoms with van der Waals surface area (Å²) in [6, 6.07) is 11.9. The third-order valence-corrected chi connectivity index (χ3v) is 3.96. The van der Waals surface area contributed by atoms with Crippen LogP contribution in [0.15, 0.2) is 46.9 Å². The lowest BCUT2D eigenvalue weighted by molar-refractivity contribution is 0.0464. The second-order valence-electron chi connectivity index (χ2n) is 5.53. The molecule has 0 N–H and O–H groups in total. The zero-order valence-electron chi connectivity index (χ0n) is 15.1. The number of ketones is 1. The van der Waals surface area contributed by atoms with Crippen LogP contribution in [0.1, 0.15) is 20.9 Å². The lowest BCUT2D eigenvalue weighted by atomic mass is 10.1. The molecule has 0 unspecified atom stereocenters. The Morgan fingerprint density at radius 2 is 1.67 bits per heavy atom. The van der Waals surface area contributed by atoms with E-state index in [0.29, 0.717) is 11.3 Å². The molecule has 0 bridgehead atoms. The van der Waals surface area contributed by atoms with Gasteiger partial charge in [0.2, 0.25) is 11.5 Å². The average molecular weight is 370 g/mol. The van der Waals surface area contributed by atoms with E-state index in [9.17, 15) is 9.59 Å². The summed E-state index contributed by atoms with van der Waals surface area (Å²) in [5, 5.41) is 0.800. The first-order chi connectivity index (χ1) is 13.1. The van der Waals surface area contributed by atoms with E-state index in [1.807, 2.05) is 18.2 Å². The molecule has 0 spiro atoms. The van der Waals surface area contributed by atoms with E-state index >= 15 is 0 Å². The Labute approximate surface area is 155 Å². The minimum Gasteiger partial charge on any atom is -0.493 e. The first kappa shape index (κ1) is 18.3. The molecule has 27 heavy (non-hydrogen) atoms. The highest BCUT2D eigenvalue weighted by atomic mass is 16.5. The summed E-state index contributed by atoms with van der Waals surface area (Å²) in [5.41, 5.74) is 0.710. The van der Waals surface area contributed by atoms with Crippen molar-refractivity contribution in [2.75, 3.05) is 27.9 Å². The van der Waals surface area contributed by atoms with Crippen LogP contribution >= 0.6 is 0 Å². The molecule has 7 heteroatoms. The van der Waals surface area contributed by atoms with Crippen LogP contribution in [0.2, 0.25) is 0 Å². The van der Waals surface area contributed by atoms with Gasteiger partial charge in [-0.15, -0.1) is 0 Å². The predicted molar refractivity (Wildman–Crippen MR) is 96.9 cm³/mol. The monoisotopic (exact) mass is 370 g/mol. The fraction of sp³-hybridized carbons (Fsp3) is 0.200. The first-order valence-corrected chi connectivity index (χ1v) is 8.07. The number of para-hydroxylation sites is 1. The van der Waals surface area contributed by atoms with Gasteiger partial charge in [0.15, 0.2) is 23.9 Å². The van der Waals surface area contributed by atoms with Gasteiger partial charge in [-0.05, 0) is 24.3 Å². The summed E-state index contributed by atoms with van der Waals surface area (Å²) in [7, 11) is 4.30. The Morgan fingerprint density at radius 1 is 0.926 bits per heavy atom. The van der Waals surface area contributed by atoms with E-state index < -0.39 is 18.4 Å². The molecular weight excluding hydrogens is 352 g/mol. The van der Waals surface area contributed by atoms with E-state index in [0.717, 1.165) is 5.39 Å². The lowest BCUT2D eigenvalue weighted by Gasteiger charge is -2.14. The molecule has 7 nitrogen and oxygen atoms in total. The van der Waals surface area contributed by atoms with Crippen molar-refractivity contribution in [1.82, 2.24) is 0 Å². The van der Waals surface area contributed by atoms with Crippen molar-refractivity contribution < 1.29 is 33.0 Å². The lowest BCUT2D eigenvalue weighted by Crippen LogP contribution is -2.15. The van der Waals surface area contributed by atoms with E-state index in [2.05, 4.69) is 0 Å². The molecule has 0 aliphatic heterocycles. The van der Waals surface area contributed by atoms with Crippen molar-refractivity contribution in [1.29, 1.82) is 0 Å². The summed E-state index contributed by atoms with van der Waals surface area (Å²) in [5.74, 6) is -0.208. The van der Waals surface area contributed by atoms with Gasteiger partial charge < -0.3 is 23.4 Å². The van der Waals surface area contributed by atoms with Crippen LogP contribution in [0.25, 0.3) is 11.0 Å². The maximum atomic E-state index is 12.4. The van der Waals surface area contributed by atoms with Gasteiger partial charge in [-0.25, -0.2) is 4.79 Å². The van der Waals surface area contributed by atoms with Crippen molar-refractivity contribution >= 4 is 22.7 Å². The number of Topliss-reactive ketones (excluding diaryl/α,β-unsaturated/α-hetero) is 1. The minimum absolute atomic E-state index is 0.118. The van der Waals surface area contributed by atoms with Crippen LogP contribution in [0.4, 0.5) is 0 Å². The number of hydrogen-bond donors (Lipinski definition) is 0. The molecule has 3 aromatic rings. The van der Waals surface area contributed by atoms with E-state index in [1.165, 1.54) is 27.4 Å². The molecule has 2 aromatic carbocycles. The van der Waals surface area contributed by atoms with Crippen LogP contribution in [0.5, 0.6) is 17.2 Å². The van der Waals surface area contributed by atoms with Gasteiger partial charge in [-0.1, -0.05) is 18.2 Å². The fourth-order valence-electron chi connectivity index (χ4n) is 2.66. The molecule has 0 saturated carbocycles. The number of furan rings is 1. The third kappa shape index (κ3) is 3.57. The zero-order valence-corrected chi connectivity index (χ0v) is 15.1. The second-order valence-corrected chi connectivity index (χ2v) is 5.53. The van der Waals surface area contributed by atoms with Crippen LogP contribution in [-0.2, 0) is 4.74 Å². The largest absolute Gasteiger partial charge is 0.493 e. The molecule has 0 radical (unpaired) electrons. The van der Waals surface area contributed by atoms with E-state index in [4.69, 9.17) is 23.4 Å². The summed E-state index contributed by atoms with van der Waals surface area (Å²) in [4.78, 5) is 24.7. The molecule has 0 aliphatic rings. The van der Waals surface area contributed by atoms with Crippen molar-refractivity contribution in [3.05, 3.63) is 53.8 Å². The summed E-state index contributed by atoms with van der Waals surface area (Å²) in [6.45, 7) is -0.462. The summed E-state index contributed by atoms with van der Waals surface area (Å²) < 4.78 is 26.3. The van der Waals surface area contributed by atoms with Crippen LogP contribution in [0, 0.1) is 0 Å². The van der Waals surface area contributed by atoms with Crippen molar-refractivity contribution in [2.45, 2.75) is 0 Å². The molecule has 0 saturated heterocycles. The standard InChI is InChI=1S/C20H18O7/c1-23-16-9-8-13(18(24-2)19(16)25-3)20(22)26-11-14(21)17-10-12-6-4-5-7-15(12)27-17/h4-10H,11H2,1-3H3. The van der Waals surface area contributed by atoms with Gasteiger partial charge in [0.05, 0.1) is 21.3 Å². The molecule has 0 aliphatic carbocycles. The van der Waals surface area contributed by atoms with E-state index in [1.54, 1.807) is 18.2 Å². The number of methoxy groups -OCH3 is 3. The molecule has 1 heterocycles. The normalized spacial score (nSPS) is 10.5. The average Bonchev–Trinajstić information content (AvgIpc) is 3.14. The topological polar surface area (TPSA) is 84.2 Å². The van der Waals surface area contributed by atoms with Crippen LogP contribution in [0.3, 0.4) is 0 Å². The van der Waals surface area contributed by atoms with Crippen LogP contribution in [-0.4, -0.2) is 39.7 Å². The molecule has 0 fully saturated rings. The molecule has 0 amide bonds. The van der Waals surface area contributed by atoms with Gasteiger partial charge in [-0.2, -0.15) is 0 Å². The number of esters is 1. The minimum atomic E-state index is -0.725. The first-order valence-electron chi connectivity index (χ1n) is 8.07. The Kier molecular flexibility index (Phi) is 5.30. The number of ether oxygens (including phenoxy) is 4. The number of carbonyl (C=O) groups excluding carboxylic acids is 2. The molecule has 3 rings (SSSR count). The molecular formula is C20H18O7. The highest BCUT2D eigenvalue weighted by molar-refractivity contribution is 6.01. The zero-order chi connectivity index (χ0) is 19.4. The van der Waals surface area contributed by atoms with Crippen LogP contribution < -0.4 is 14.2 Å². The number of fused-ring (bicyclic) bond motifs is 1. The fourth-order valence-corrected chi connectivity index (χ4v) is 2.66. The number of benzene rings is 2. The summed E-state index contributed by atoms with van der Waals surface area (Å²) in [6.07, 6.45) is 0. The van der Waals surface area contributed by atoms with Gasteiger partial charge in [0.1, 0.15) is 11.1 Å². The van der Waals surface area contributed by atoms with Gasteiger partial charge in [0.25, 0.3) is 0 Å². The van der Waals surface area contributed by atoms with Gasteiger partial charge >= 0.3 is 5.97 Å². The van der Waals surface area contributed by atoms with Crippen molar-refractivity contribution in [2.24, 2.45) is 0 Å². The quantitative estimate of drug-likeness (QED) is 0.465. The SMILES string of the molecule is COc1ccc(C(=O)OCC(=O)c2cc3ccccc3o2)c(OC)c1OC. The smallest absolute Gasteiger partial charge is 0.342 e. The Bertz CT molecular complexity index is 954.